The van der Waals surface area contributed by atoms with Gasteiger partial charge in [0.2, 0.25) is 0 Å². The number of allylic oxidation sites excluding steroid dienone is 1. The fourth-order valence-electron chi connectivity index (χ4n) is 2.08. The number of hydrogen-bond acceptors (Lipinski definition) is 2. The lowest BCUT2D eigenvalue weighted by Crippen LogP contribution is -1.96. The standard InChI is InChI=1S/C16H22O3/c1-4-6-13(7-10-16(17)18)15-9-8-14(19-5-2)11-12(15)3/h7-9,11H,4-6,10H2,1-3H3,(H,17,18)/b13-7+. The molecule has 0 unspecified atom stereocenters. The molecule has 1 N–H and O–H groups in total. The Balaban J connectivity index is 3.02. The molecule has 19 heavy (non-hydrogen) atoms. The Morgan fingerprint density at radius 1 is 1.37 bits per heavy atom. The molecule has 0 amide bonds. The van der Waals surface area contributed by atoms with Crippen molar-refractivity contribution in [3.05, 3.63) is 35.4 Å². The molecule has 0 heterocycles. The first-order chi connectivity index (χ1) is 9.08. The van der Waals surface area contributed by atoms with Crippen molar-refractivity contribution in [3.63, 3.8) is 0 Å². The summed E-state index contributed by atoms with van der Waals surface area (Å²) in [4.78, 5) is 10.7. The van der Waals surface area contributed by atoms with Gasteiger partial charge in [-0.2, -0.15) is 0 Å². The predicted molar refractivity (Wildman–Crippen MR) is 77.5 cm³/mol. The van der Waals surface area contributed by atoms with Crippen molar-refractivity contribution in [2.75, 3.05) is 6.61 Å². The second-order valence-corrected chi connectivity index (χ2v) is 4.49. The van der Waals surface area contributed by atoms with Gasteiger partial charge in [-0.05, 0) is 49.1 Å². The third-order valence-corrected chi connectivity index (χ3v) is 2.90. The van der Waals surface area contributed by atoms with E-state index in [4.69, 9.17) is 9.84 Å². The number of hydrogen-bond donors (Lipinski definition) is 1. The fraction of sp³-hybridized carbons (Fsp3) is 0.438. The number of carboxylic acid groups (broad SMARTS) is 1. The second kappa shape index (κ2) is 7.62. The maximum Gasteiger partial charge on any atom is 0.307 e. The first kappa shape index (κ1) is 15.3. The van der Waals surface area contributed by atoms with Gasteiger partial charge in [0.25, 0.3) is 0 Å². The summed E-state index contributed by atoms with van der Waals surface area (Å²) in [5.41, 5.74) is 3.34. The molecule has 1 aromatic rings. The van der Waals surface area contributed by atoms with Crippen LogP contribution in [-0.2, 0) is 4.79 Å². The van der Waals surface area contributed by atoms with Gasteiger partial charge in [-0.15, -0.1) is 0 Å². The topological polar surface area (TPSA) is 46.5 Å². The molecule has 0 bridgehead atoms. The van der Waals surface area contributed by atoms with Gasteiger partial charge in [0, 0.05) is 0 Å². The SMILES string of the molecule is CCC/C(=C\CC(=O)O)c1ccc(OCC)cc1C. The average Bonchev–Trinajstić information content (AvgIpc) is 2.35. The summed E-state index contributed by atoms with van der Waals surface area (Å²) in [5.74, 6) is 0.0648. The third-order valence-electron chi connectivity index (χ3n) is 2.90. The van der Waals surface area contributed by atoms with Gasteiger partial charge in [-0.25, -0.2) is 0 Å². The Hall–Kier alpha value is -1.77. The van der Waals surface area contributed by atoms with Gasteiger partial charge in [0.05, 0.1) is 13.0 Å². The smallest absolute Gasteiger partial charge is 0.307 e. The molecule has 0 aliphatic rings. The van der Waals surface area contributed by atoms with E-state index in [-0.39, 0.29) is 6.42 Å². The molecule has 104 valence electrons. The number of benzene rings is 1. The summed E-state index contributed by atoms with van der Waals surface area (Å²) < 4.78 is 5.47. The molecule has 0 saturated heterocycles. The highest BCUT2D eigenvalue weighted by Gasteiger charge is 2.07. The van der Waals surface area contributed by atoms with Crippen LogP contribution in [0.1, 0.15) is 44.2 Å². The summed E-state index contributed by atoms with van der Waals surface area (Å²) in [5, 5.41) is 8.80. The first-order valence-electron chi connectivity index (χ1n) is 6.73. The van der Waals surface area contributed by atoms with E-state index in [1.807, 2.05) is 38.1 Å². The van der Waals surface area contributed by atoms with Crippen LogP contribution in [-0.4, -0.2) is 17.7 Å². The molecule has 0 atom stereocenters. The van der Waals surface area contributed by atoms with Gasteiger partial charge in [0.1, 0.15) is 5.75 Å². The molecule has 1 aromatic carbocycles. The molecule has 0 saturated carbocycles. The van der Waals surface area contributed by atoms with Crippen molar-refractivity contribution in [1.29, 1.82) is 0 Å². The normalized spacial score (nSPS) is 11.4. The molecule has 0 fully saturated rings. The fourth-order valence-corrected chi connectivity index (χ4v) is 2.08. The van der Waals surface area contributed by atoms with Crippen LogP contribution in [0, 0.1) is 6.92 Å². The molecule has 3 heteroatoms. The molecule has 0 aliphatic heterocycles. The Morgan fingerprint density at radius 2 is 2.11 bits per heavy atom. The average molecular weight is 262 g/mol. The van der Waals surface area contributed by atoms with E-state index in [2.05, 4.69) is 6.92 Å². The highest BCUT2D eigenvalue weighted by atomic mass is 16.5. The van der Waals surface area contributed by atoms with E-state index >= 15 is 0 Å². The molecule has 0 aromatic heterocycles. The largest absolute Gasteiger partial charge is 0.494 e. The van der Waals surface area contributed by atoms with Crippen molar-refractivity contribution >= 4 is 11.5 Å². The van der Waals surface area contributed by atoms with E-state index in [1.165, 1.54) is 0 Å². The Bertz CT molecular complexity index is 461. The zero-order chi connectivity index (χ0) is 14.3. The Morgan fingerprint density at radius 3 is 2.63 bits per heavy atom. The monoisotopic (exact) mass is 262 g/mol. The van der Waals surface area contributed by atoms with Crippen molar-refractivity contribution in [2.24, 2.45) is 0 Å². The number of ether oxygens (including phenoxy) is 1. The summed E-state index contributed by atoms with van der Waals surface area (Å²) >= 11 is 0. The van der Waals surface area contributed by atoms with Gasteiger partial charge in [-0.1, -0.05) is 25.5 Å². The maximum absolute atomic E-state index is 10.7. The van der Waals surface area contributed by atoms with Crippen LogP contribution in [0.3, 0.4) is 0 Å². The molecule has 0 spiro atoms. The van der Waals surface area contributed by atoms with E-state index in [0.29, 0.717) is 6.61 Å². The van der Waals surface area contributed by atoms with E-state index < -0.39 is 5.97 Å². The van der Waals surface area contributed by atoms with Crippen molar-refractivity contribution < 1.29 is 14.6 Å². The Kier molecular flexibility index (Phi) is 6.13. The second-order valence-electron chi connectivity index (χ2n) is 4.49. The number of carbonyl (C=O) groups is 1. The quantitative estimate of drug-likeness (QED) is 0.806. The van der Waals surface area contributed by atoms with Gasteiger partial charge >= 0.3 is 5.97 Å². The highest BCUT2D eigenvalue weighted by molar-refractivity contribution is 5.75. The van der Waals surface area contributed by atoms with E-state index in [1.54, 1.807) is 0 Å². The van der Waals surface area contributed by atoms with Crippen LogP contribution in [0.15, 0.2) is 24.3 Å². The van der Waals surface area contributed by atoms with Crippen molar-refractivity contribution in [1.82, 2.24) is 0 Å². The molecule has 1 rings (SSSR count). The number of rotatable bonds is 7. The summed E-state index contributed by atoms with van der Waals surface area (Å²) in [6, 6.07) is 5.96. The van der Waals surface area contributed by atoms with Gasteiger partial charge in [-0.3, -0.25) is 4.79 Å². The zero-order valence-electron chi connectivity index (χ0n) is 11.9. The van der Waals surface area contributed by atoms with Crippen LogP contribution in [0.2, 0.25) is 0 Å². The van der Waals surface area contributed by atoms with Crippen LogP contribution >= 0.6 is 0 Å². The van der Waals surface area contributed by atoms with Crippen LogP contribution in [0.4, 0.5) is 0 Å². The summed E-state index contributed by atoms with van der Waals surface area (Å²) in [7, 11) is 0. The van der Waals surface area contributed by atoms with Crippen molar-refractivity contribution in [2.45, 2.75) is 40.0 Å². The number of aliphatic carboxylic acids is 1. The molecule has 3 nitrogen and oxygen atoms in total. The zero-order valence-corrected chi connectivity index (χ0v) is 11.9. The summed E-state index contributed by atoms with van der Waals surface area (Å²) in [6.45, 7) is 6.73. The highest BCUT2D eigenvalue weighted by Crippen LogP contribution is 2.27. The summed E-state index contributed by atoms with van der Waals surface area (Å²) in [6.07, 6.45) is 3.77. The van der Waals surface area contributed by atoms with Crippen LogP contribution in [0.5, 0.6) is 5.75 Å². The Labute approximate surface area is 114 Å². The predicted octanol–water partition coefficient (Wildman–Crippen LogP) is 4.05. The third kappa shape index (κ3) is 4.78. The lowest BCUT2D eigenvalue weighted by atomic mass is 9.96. The van der Waals surface area contributed by atoms with Crippen LogP contribution < -0.4 is 4.74 Å². The van der Waals surface area contributed by atoms with E-state index in [9.17, 15) is 4.79 Å². The molecular formula is C16H22O3. The minimum absolute atomic E-state index is 0.0714. The van der Waals surface area contributed by atoms with Gasteiger partial charge in [0.15, 0.2) is 0 Å². The molecular weight excluding hydrogens is 240 g/mol. The number of aryl methyl sites for hydroxylation is 1. The van der Waals surface area contributed by atoms with Crippen molar-refractivity contribution in [3.8, 4) is 5.75 Å². The van der Waals surface area contributed by atoms with E-state index in [0.717, 1.165) is 35.3 Å². The molecule has 0 radical (unpaired) electrons. The minimum Gasteiger partial charge on any atom is -0.494 e. The van der Waals surface area contributed by atoms with Crippen LogP contribution in [0.25, 0.3) is 5.57 Å². The molecule has 0 aliphatic carbocycles. The first-order valence-corrected chi connectivity index (χ1v) is 6.73. The van der Waals surface area contributed by atoms with Gasteiger partial charge < -0.3 is 9.84 Å². The lowest BCUT2D eigenvalue weighted by molar-refractivity contribution is -0.135. The maximum atomic E-state index is 10.7. The number of carboxylic acids is 1. The minimum atomic E-state index is -0.794. The lowest BCUT2D eigenvalue weighted by Gasteiger charge is -2.12.